The van der Waals surface area contributed by atoms with E-state index in [1.807, 2.05) is 24.3 Å². The van der Waals surface area contributed by atoms with E-state index in [2.05, 4.69) is 31.4 Å². The molecule has 0 bridgehead atoms. The summed E-state index contributed by atoms with van der Waals surface area (Å²) in [6.07, 6.45) is -0.742. The average Bonchev–Trinajstić information content (AvgIpc) is 2.80. The van der Waals surface area contributed by atoms with Crippen molar-refractivity contribution >= 4 is 34.8 Å². The molecule has 0 aliphatic rings. The molecule has 7 heteroatoms. The smallest absolute Gasteiger partial charge is 0.265 e. The lowest BCUT2D eigenvalue weighted by molar-refractivity contribution is -0.122. The topological polar surface area (TPSA) is 76.7 Å². The average molecular weight is 481 g/mol. The van der Waals surface area contributed by atoms with Crippen LogP contribution in [0.2, 0.25) is 5.02 Å². The van der Waals surface area contributed by atoms with Crippen LogP contribution in [0.1, 0.15) is 33.3 Å². The van der Waals surface area contributed by atoms with Crippen molar-refractivity contribution in [2.45, 2.75) is 39.2 Å². The van der Waals surface area contributed by atoms with E-state index in [4.69, 9.17) is 21.1 Å². The number of rotatable bonds is 8. The molecule has 0 saturated heterocycles. The molecular weight excluding hydrogens is 452 g/mol. The monoisotopic (exact) mass is 480 g/mol. The highest BCUT2D eigenvalue weighted by Crippen LogP contribution is 2.25. The molecule has 0 aliphatic heterocycles. The van der Waals surface area contributed by atoms with Gasteiger partial charge in [-0.25, -0.2) is 0 Å². The minimum Gasteiger partial charge on any atom is -0.484 e. The molecule has 1 unspecified atom stereocenters. The van der Waals surface area contributed by atoms with E-state index >= 15 is 0 Å². The van der Waals surface area contributed by atoms with Crippen molar-refractivity contribution in [3.05, 3.63) is 83.4 Å². The van der Waals surface area contributed by atoms with Gasteiger partial charge in [-0.2, -0.15) is 0 Å². The van der Waals surface area contributed by atoms with Crippen LogP contribution >= 0.6 is 11.6 Å². The number of para-hydroxylation sites is 1. The molecule has 1 atom stereocenters. The summed E-state index contributed by atoms with van der Waals surface area (Å²) in [5.41, 5.74) is 2.42. The number of carbonyl (C=O) groups is 2. The van der Waals surface area contributed by atoms with Gasteiger partial charge in [-0.3, -0.25) is 9.59 Å². The van der Waals surface area contributed by atoms with E-state index in [0.717, 1.165) is 0 Å². The van der Waals surface area contributed by atoms with E-state index < -0.39 is 6.10 Å². The predicted octanol–water partition coefficient (Wildman–Crippen LogP) is 6.06. The summed E-state index contributed by atoms with van der Waals surface area (Å²) in [4.78, 5) is 24.7. The van der Waals surface area contributed by atoms with Crippen molar-refractivity contribution < 1.29 is 19.1 Å². The largest absolute Gasteiger partial charge is 0.484 e. The van der Waals surface area contributed by atoms with Gasteiger partial charge in [0, 0.05) is 11.4 Å². The fraction of sp³-hybridized carbons (Fsp3) is 0.259. The first-order valence-electron chi connectivity index (χ1n) is 11.0. The van der Waals surface area contributed by atoms with Crippen LogP contribution in [-0.2, 0) is 15.0 Å². The minimum absolute atomic E-state index is 0.0578. The highest BCUT2D eigenvalue weighted by molar-refractivity contribution is 6.32. The van der Waals surface area contributed by atoms with Crippen molar-refractivity contribution in [1.29, 1.82) is 0 Å². The number of benzene rings is 3. The van der Waals surface area contributed by atoms with Gasteiger partial charge in [0.2, 0.25) is 0 Å². The molecule has 0 aliphatic carbocycles. The Labute approximate surface area is 205 Å². The quantitative estimate of drug-likeness (QED) is 0.410. The minimum atomic E-state index is -0.742. The molecule has 6 nitrogen and oxygen atoms in total. The molecule has 3 aromatic rings. The molecule has 34 heavy (non-hydrogen) atoms. The Morgan fingerprint density at radius 2 is 1.47 bits per heavy atom. The zero-order valence-corrected chi connectivity index (χ0v) is 20.5. The molecule has 3 rings (SSSR count). The molecule has 2 amide bonds. The number of ether oxygens (including phenoxy) is 2. The third-order valence-corrected chi connectivity index (χ3v) is 5.35. The van der Waals surface area contributed by atoms with Gasteiger partial charge in [0.05, 0.1) is 5.02 Å². The van der Waals surface area contributed by atoms with E-state index in [0.29, 0.717) is 27.9 Å². The second-order valence-electron chi connectivity index (χ2n) is 8.87. The molecular formula is C27H29ClN2O4. The number of carbonyl (C=O) groups excluding carboxylic acids is 2. The van der Waals surface area contributed by atoms with Crippen LogP contribution in [0.5, 0.6) is 11.5 Å². The summed E-state index contributed by atoms with van der Waals surface area (Å²) >= 11 is 6.07. The standard InChI is InChI=1S/C27H29ClN2O4/c1-18(34-24-8-6-5-7-23(24)28)26(32)30-21-13-11-20(12-14-21)29-25(31)17-33-22-15-9-19(10-16-22)27(2,3)4/h5-16,18H,17H2,1-4H3,(H,29,31)(H,30,32). The highest BCUT2D eigenvalue weighted by atomic mass is 35.5. The van der Waals surface area contributed by atoms with Crippen LogP contribution in [0.25, 0.3) is 0 Å². The molecule has 0 fully saturated rings. The van der Waals surface area contributed by atoms with Crippen LogP contribution in [0.4, 0.5) is 11.4 Å². The maximum absolute atomic E-state index is 12.4. The van der Waals surface area contributed by atoms with Gasteiger partial charge in [0.1, 0.15) is 11.5 Å². The fourth-order valence-electron chi connectivity index (χ4n) is 3.06. The molecule has 0 aromatic heterocycles. The number of nitrogens with one attached hydrogen (secondary N) is 2. The Morgan fingerprint density at radius 3 is 2.06 bits per heavy atom. The van der Waals surface area contributed by atoms with Crippen molar-refractivity contribution in [3.63, 3.8) is 0 Å². The van der Waals surface area contributed by atoms with Crippen LogP contribution in [0.3, 0.4) is 0 Å². The maximum Gasteiger partial charge on any atom is 0.265 e. The Hall–Kier alpha value is -3.51. The number of halogens is 1. The molecule has 2 N–H and O–H groups in total. The molecule has 0 radical (unpaired) electrons. The summed E-state index contributed by atoms with van der Waals surface area (Å²) in [7, 11) is 0. The van der Waals surface area contributed by atoms with Gasteiger partial charge < -0.3 is 20.1 Å². The van der Waals surface area contributed by atoms with Gasteiger partial charge in [0.15, 0.2) is 12.7 Å². The lowest BCUT2D eigenvalue weighted by atomic mass is 9.87. The maximum atomic E-state index is 12.4. The van der Waals surface area contributed by atoms with Crippen molar-refractivity contribution in [2.24, 2.45) is 0 Å². The van der Waals surface area contributed by atoms with Gasteiger partial charge in [-0.1, -0.05) is 56.6 Å². The summed E-state index contributed by atoms with van der Waals surface area (Å²) < 4.78 is 11.2. The van der Waals surface area contributed by atoms with E-state index in [-0.39, 0.29) is 23.8 Å². The Bertz CT molecular complexity index is 1120. The molecule has 0 saturated carbocycles. The third-order valence-electron chi connectivity index (χ3n) is 5.04. The van der Waals surface area contributed by atoms with Gasteiger partial charge >= 0.3 is 0 Å². The van der Waals surface area contributed by atoms with Crippen molar-refractivity contribution in [2.75, 3.05) is 17.2 Å². The van der Waals surface area contributed by atoms with E-state index in [1.165, 1.54) is 5.56 Å². The summed E-state index contributed by atoms with van der Waals surface area (Å²) in [6, 6.07) is 21.5. The summed E-state index contributed by atoms with van der Waals surface area (Å²) in [6.45, 7) is 7.96. The number of anilines is 2. The predicted molar refractivity (Wildman–Crippen MR) is 136 cm³/mol. The second kappa shape index (κ2) is 11.1. The summed E-state index contributed by atoms with van der Waals surface area (Å²) in [5.74, 6) is 0.479. The van der Waals surface area contributed by atoms with Crippen LogP contribution in [-0.4, -0.2) is 24.5 Å². The van der Waals surface area contributed by atoms with Gasteiger partial charge in [-0.15, -0.1) is 0 Å². The van der Waals surface area contributed by atoms with E-state index in [9.17, 15) is 9.59 Å². The van der Waals surface area contributed by atoms with Gasteiger partial charge in [0.25, 0.3) is 11.8 Å². The van der Waals surface area contributed by atoms with Crippen LogP contribution < -0.4 is 20.1 Å². The second-order valence-corrected chi connectivity index (χ2v) is 9.28. The van der Waals surface area contributed by atoms with Crippen molar-refractivity contribution in [1.82, 2.24) is 0 Å². The normalized spacial score (nSPS) is 11.9. The molecule has 178 valence electrons. The lowest BCUT2D eigenvalue weighted by Crippen LogP contribution is -2.30. The first kappa shape index (κ1) is 25.1. The van der Waals surface area contributed by atoms with Crippen LogP contribution in [0, 0.1) is 0 Å². The number of hydrogen-bond donors (Lipinski definition) is 2. The Kier molecular flexibility index (Phi) is 8.18. The SMILES string of the molecule is CC(Oc1ccccc1Cl)C(=O)Nc1ccc(NC(=O)COc2ccc(C(C)(C)C)cc2)cc1. The summed E-state index contributed by atoms with van der Waals surface area (Å²) in [5, 5.41) is 5.99. The fourth-order valence-corrected chi connectivity index (χ4v) is 3.24. The zero-order chi connectivity index (χ0) is 24.7. The Morgan fingerprint density at radius 1 is 0.882 bits per heavy atom. The molecule has 0 heterocycles. The molecule has 0 spiro atoms. The lowest BCUT2D eigenvalue weighted by Gasteiger charge is -2.19. The molecule has 3 aromatic carbocycles. The zero-order valence-electron chi connectivity index (χ0n) is 19.7. The number of hydrogen-bond acceptors (Lipinski definition) is 4. The Balaban J connectivity index is 1.47. The van der Waals surface area contributed by atoms with Crippen molar-refractivity contribution in [3.8, 4) is 11.5 Å². The van der Waals surface area contributed by atoms with E-state index in [1.54, 1.807) is 55.5 Å². The highest BCUT2D eigenvalue weighted by Gasteiger charge is 2.16. The first-order valence-corrected chi connectivity index (χ1v) is 11.3. The first-order chi connectivity index (χ1) is 16.1. The van der Waals surface area contributed by atoms with Crippen LogP contribution in [0.15, 0.2) is 72.8 Å². The van der Waals surface area contributed by atoms with Gasteiger partial charge in [-0.05, 0) is 66.4 Å². The third kappa shape index (κ3) is 7.25. The number of amides is 2.